The van der Waals surface area contributed by atoms with E-state index in [0.29, 0.717) is 0 Å². The summed E-state index contributed by atoms with van der Waals surface area (Å²) in [5.74, 6) is 0.965. The Hall–Kier alpha value is -1.84. The number of aromatic nitrogens is 3. The van der Waals surface area contributed by atoms with Gasteiger partial charge in [-0.15, -0.1) is 10.2 Å². The van der Waals surface area contributed by atoms with Crippen molar-refractivity contribution >= 4 is 5.69 Å². The predicted octanol–water partition coefficient (Wildman–Crippen LogP) is 2.07. The van der Waals surface area contributed by atoms with Gasteiger partial charge in [-0.2, -0.15) is 0 Å². The Balaban J connectivity index is 2.20. The van der Waals surface area contributed by atoms with E-state index in [4.69, 9.17) is 0 Å². The average Bonchev–Trinajstić information content (AvgIpc) is 2.64. The molecule has 0 saturated heterocycles. The molecule has 0 amide bonds. The standard InChI is InChI=1S/C13H18N4/c1-10-5-6-12(11(2)7-10)16(3)8-13-15-14-9-17(13)4/h5-7,9H,8H2,1-4H3. The molecule has 1 aromatic heterocycles. The first kappa shape index (κ1) is 11.6. The van der Waals surface area contributed by atoms with E-state index in [9.17, 15) is 0 Å². The molecule has 0 radical (unpaired) electrons. The van der Waals surface area contributed by atoms with E-state index in [0.717, 1.165) is 12.4 Å². The smallest absolute Gasteiger partial charge is 0.152 e. The Kier molecular flexibility index (Phi) is 3.13. The summed E-state index contributed by atoms with van der Waals surface area (Å²) >= 11 is 0. The minimum absolute atomic E-state index is 0.764. The van der Waals surface area contributed by atoms with Crippen molar-refractivity contribution in [1.29, 1.82) is 0 Å². The van der Waals surface area contributed by atoms with Gasteiger partial charge in [-0.3, -0.25) is 0 Å². The van der Waals surface area contributed by atoms with E-state index in [1.807, 2.05) is 11.6 Å². The zero-order valence-corrected chi connectivity index (χ0v) is 10.8. The predicted molar refractivity (Wildman–Crippen MR) is 69.0 cm³/mol. The highest BCUT2D eigenvalue weighted by Gasteiger charge is 2.08. The molecule has 2 rings (SSSR count). The first-order chi connectivity index (χ1) is 8.08. The van der Waals surface area contributed by atoms with Gasteiger partial charge in [0.1, 0.15) is 6.33 Å². The quantitative estimate of drug-likeness (QED) is 0.809. The van der Waals surface area contributed by atoms with Crippen molar-refractivity contribution < 1.29 is 0 Å². The van der Waals surface area contributed by atoms with Gasteiger partial charge in [-0.25, -0.2) is 0 Å². The van der Waals surface area contributed by atoms with E-state index in [2.05, 4.69) is 54.2 Å². The first-order valence-electron chi connectivity index (χ1n) is 5.69. The van der Waals surface area contributed by atoms with Crippen LogP contribution in [0.1, 0.15) is 17.0 Å². The van der Waals surface area contributed by atoms with Crippen molar-refractivity contribution in [2.45, 2.75) is 20.4 Å². The van der Waals surface area contributed by atoms with Crippen molar-refractivity contribution in [2.75, 3.05) is 11.9 Å². The molecule has 90 valence electrons. The van der Waals surface area contributed by atoms with E-state index >= 15 is 0 Å². The van der Waals surface area contributed by atoms with Crippen molar-refractivity contribution in [3.05, 3.63) is 41.5 Å². The average molecular weight is 230 g/mol. The highest BCUT2D eigenvalue weighted by Crippen LogP contribution is 2.20. The summed E-state index contributed by atoms with van der Waals surface area (Å²) in [6.45, 7) is 5.01. The zero-order chi connectivity index (χ0) is 12.4. The van der Waals surface area contributed by atoms with Gasteiger partial charge in [-0.05, 0) is 25.5 Å². The Labute approximate surface area is 102 Å². The number of anilines is 1. The normalized spacial score (nSPS) is 10.6. The van der Waals surface area contributed by atoms with Crippen LogP contribution < -0.4 is 4.90 Å². The highest BCUT2D eigenvalue weighted by molar-refractivity contribution is 5.53. The minimum Gasteiger partial charge on any atom is -0.367 e. The van der Waals surface area contributed by atoms with Gasteiger partial charge in [0.2, 0.25) is 0 Å². The van der Waals surface area contributed by atoms with Crippen LogP contribution in [0.2, 0.25) is 0 Å². The van der Waals surface area contributed by atoms with E-state index < -0.39 is 0 Å². The molecule has 0 aliphatic rings. The van der Waals surface area contributed by atoms with Crippen molar-refractivity contribution in [1.82, 2.24) is 14.8 Å². The third kappa shape index (κ3) is 2.46. The summed E-state index contributed by atoms with van der Waals surface area (Å²) in [5, 5.41) is 7.99. The van der Waals surface area contributed by atoms with Crippen LogP contribution in [0.5, 0.6) is 0 Å². The molecule has 0 bridgehead atoms. The van der Waals surface area contributed by atoms with Crippen LogP contribution in [0.15, 0.2) is 24.5 Å². The molecular weight excluding hydrogens is 212 g/mol. The number of aryl methyl sites for hydroxylation is 3. The van der Waals surface area contributed by atoms with Gasteiger partial charge in [-0.1, -0.05) is 17.7 Å². The van der Waals surface area contributed by atoms with Crippen molar-refractivity contribution in [3.63, 3.8) is 0 Å². The molecule has 1 aromatic carbocycles. The Morgan fingerprint density at radius 1 is 1.29 bits per heavy atom. The maximum atomic E-state index is 4.10. The molecule has 4 nitrogen and oxygen atoms in total. The number of hydrogen-bond donors (Lipinski definition) is 0. The third-order valence-electron chi connectivity index (χ3n) is 2.95. The first-order valence-corrected chi connectivity index (χ1v) is 5.69. The second-order valence-electron chi connectivity index (χ2n) is 4.50. The van der Waals surface area contributed by atoms with Crippen LogP contribution in [-0.4, -0.2) is 21.8 Å². The molecule has 0 spiro atoms. The molecule has 0 unspecified atom stereocenters. The summed E-state index contributed by atoms with van der Waals surface area (Å²) in [4.78, 5) is 2.19. The second-order valence-corrected chi connectivity index (χ2v) is 4.50. The van der Waals surface area contributed by atoms with Crippen LogP contribution in [0, 0.1) is 13.8 Å². The summed E-state index contributed by atoms with van der Waals surface area (Å²) in [7, 11) is 4.04. The molecule has 0 N–H and O–H groups in total. The molecule has 0 saturated carbocycles. The van der Waals surface area contributed by atoms with E-state index in [1.165, 1.54) is 16.8 Å². The minimum atomic E-state index is 0.764. The van der Waals surface area contributed by atoms with Crippen LogP contribution >= 0.6 is 0 Å². The van der Waals surface area contributed by atoms with E-state index in [-0.39, 0.29) is 0 Å². The molecule has 2 aromatic rings. The Bertz CT molecular complexity index is 516. The fourth-order valence-corrected chi connectivity index (χ4v) is 1.98. The van der Waals surface area contributed by atoms with Gasteiger partial charge in [0.25, 0.3) is 0 Å². The van der Waals surface area contributed by atoms with Gasteiger partial charge >= 0.3 is 0 Å². The van der Waals surface area contributed by atoms with Crippen LogP contribution in [0.4, 0.5) is 5.69 Å². The van der Waals surface area contributed by atoms with Crippen molar-refractivity contribution in [2.24, 2.45) is 7.05 Å². The molecule has 1 heterocycles. The zero-order valence-electron chi connectivity index (χ0n) is 10.8. The highest BCUT2D eigenvalue weighted by atomic mass is 15.3. The Morgan fingerprint density at radius 3 is 2.65 bits per heavy atom. The van der Waals surface area contributed by atoms with E-state index in [1.54, 1.807) is 6.33 Å². The molecule has 4 heteroatoms. The number of benzene rings is 1. The molecule has 17 heavy (non-hydrogen) atoms. The number of rotatable bonds is 3. The molecule has 0 atom stereocenters. The van der Waals surface area contributed by atoms with Gasteiger partial charge in [0.15, 0.2) is 5.82 Å². The van der Waals surface area contributed by atoms with Crippen molar-refractivity contribution in [3.8, 4) is 0 Å². The molecule has 0 aliphatic heterocycles. The lowest BCUT2D eigenvalue weighted by Crippen LogP contribution is -2.19. The Morgan fingerprint density at radius 2 is 2.06 bits per heavy atom. The summed E-state index contributed by atoms with van der Waals surface area (Å²) in [6.07, 6.45) is 1.73. The third-order valence-corrected chi connectivity index (χ3v) is 2.95. The lowest BCUT2D eigenvalue weighted by molar-refractivity contribution is 0.759. The van der Waals surface area contributed by atoms with Gasteiger partial charge in [0.05, 0.1) is 6.54 Å². The molecular formula is C13H18N4. The summed E-state index contributed by atoms with van der Waals surface area (Å²) in [6, 6.07) is 6.49. The van der Waals surface area contributed by atoms with Gasteiger partial charge < -0.3 is 9.47 Å². The molecule has 0 aliphatic carbocycles. The lowest BCUT2D eigenvalue weighted by Gasteiger charge is -2.21. The number of nitrogens with zero attached hydrogens (tertiary/aromatic N) is 4. The van der Waals surface area contributed by atoms with Crippen LogP contribution in [-0.2, 0) is 13.6 Å². The fraction of sp³-hybridized carbons (Fsp3) is 0.385. The topological polar surface area (TPSA) is 34.0 Å². The maximum Gasteiger partial charge on any atom is 0.152 e. The summed E-state index contributed by atoms with van der Waals surface area (Å²) < 4.78 is 1.94. The SMILES string of the molecule is Cc1ccc(N(C)Cc2nncn2C)c(C)c1. The van der Waals surface area contributed by atoms with Crippen LogP contribution in [0.25, 0.3) is 0 Å². The monoisotopic (exact) mass is 230 g/mol. The van der Waals surface area contributed by atoms with Crippen LogP contribution in [0.3, 0.4) is 0 Å². The van der Waals surface area contributed by atoms with Gasteiger partial charge in [0, 0.05) is 19.8 Å². The lowest BCUT2D eigenvalue weighted by atomic mass is 10.1. The summed E-state index contributed by atoms with van der Waals surface area (Å²) in [5.41, 5.74) is 3.81. The second kappa shape index (κ2) is 4.57. The fourth-order valence-electron chi connectivity index (χ4n) is 1.98. The maximum absolute atomic E-state index is 4.10. The largest absolute Gasteiger partial charge is 0.367 e. The molecule has 0 fully saturated rings. The number of hydrogen-bond acceptors (Lipinski definition) is 3.